The summed E-state index contributed by atoms with van der Waals surface area (Å²) >= 11 is 0. The van der Waals surface area contributed by atoms with Gasteiger partial charge in [-0.3, -0.25) is 0 Å². The predicted molar refractivity (Wildman–Crippen MR) is 68.7 cm³/mol. The number of rotatable bonds is 4. The number of hydrogen-bond donors (Lipinski definition) is 1. The van der Waals surface area contributed by atoms with E-state index >= 15 is 0 Å². The molecule has 0 aliphatic heterocycles. The van der Waals surface area contributed by atoms with Gasteiger partial charge < -0.3 is 5.11 Å². The van der Waals surface area contributed by atoms with Gasteiger partial charge in [0.1, 0.15) is 0 Å². The van der Waals surface area contributed by atoms with Crippen molar-refractivity contribution in [3.8, 4) is 0 Å². The highest BCUT2D eigenvalue weighted by atomic mass is 16.3. The van der Waals surface area contributed by atoms with Crippen LogP contribution in [0.2, 0.25) is 0 Å². The first-order valence-electron chi connectivity index (χ1n) is 5.95. The Kier molecular flexibility index (Phi) is 3.58. The Hall–Kier alpha value is -1.34. The Bertz CT molecular complexity index is 456. The van der Waals surface area contributed by atoms with E-state index in [4.69, 9.17) is 5.11 Å². The average Bonchev–Trinajstić information content (AvgIpc) is 2.35. The summed E-state index contributed by atoms with van der Waals surface area (Å²) < 4.78 is 0. The molecule has 0 spiro atoms. The second-order valence-electron chi connectivity index (χ2n) is 4.19. The largest absolute Gasteiger partial charge is 0.396 e. The quantitative estimate of drug-likeness (QED) is 0.822. The molecule has 0 aromatic heterocycles. The highest BCUT2D eigenvalue weighted by Crippen LogP contribution is 2.29. The van der Waals surface area contributed by atoms with E-state index in [9.17, 15) is 0 Å². The van der Waals surface area contributed by atoms with Crippen LogP contribution in [-0.4, -0.2) is 11.7 Å². The maximum atomic E-state index is 9.10. The van der Waals surface area contributed by atoms with Crippen LogP contribution in [0.25, 0.3) is 10.8 Å². The molecular formula is C15H18O. The molecule has 1 atom stereocenters. The lowest BCUT2D eigenvalue weighted by molar-refractivity contribution is 0.274. The summed E-state index contributed by atoms with van der Waals surface area (Å²) in [7, 11) is 0. The van der Waals surface area contributed by atoms with E-state index in [-0.39, 0.29) is 6.61 Å². The molecule has 0 aliphatic carbocycles. The van der Waals surface area contributed by atoms with Crippen LogP contribution in [0.5, 0.6) is 0 Å². The fraction of sp³-hybridized carbons (Fsp3) is 0.333. The van der Waals surface area contributed by atoms with Crippen molar-refractivity contribution in [2.45, 2.75) is 25.7 Å². The third-order valence-electron chi connectivity index (χ3n) is 3.23. The maximum absolute atomic E-state index is 9.10. The molecule has 0 bridgehead atoms. The van der Waals surface area contributed by atoms with Gasteiger partial charge in [0.15, 0.2) is 0 Å². The van der Waals surface area contributed by atoms with Crippen molar-refractivity contribution in [2.24, 2.45) is 0 Å². The van der Waals surface area contributed by atoms with Crippen LogP contribution < -0.4 is 0 Å². The van der Waals surface area contributed by atoms with Gasteiger partial charge >= 0.3 is 0 Å². The van der Waals surface area contributed by atoms with Crippen LogP contribution in [0.4, 0.5) is 0 Å². The molecule has 84 valence electrons. The van der Waals surface area contributed by atoms with Gasteiger partial charge in [-0.05, 0) is 35.1 Å². The summed E-state index contributed by atoms with van der Waals surface area (Å²) in [4.78, 5) is 0. The minimum atomic E-state index is 0.266. The molecule has 16 heavy (non-hydrogen) atoms. The van der Waals surface area contributed by atoms with Gasteiger partial charge in [0, 0.05) is 6.61 Å². The van der Waals surface area contributed by atoms with Crippen LogP contribution >= 0.6 is 0 Å². The summed E-state index contributed by atoms with van der Waals surface area (Å²) in [5.74, 6) is 0.469. The number of aliphatic hydroxyl groups is 1. The normalized spacial score (nSPS) is 12.9. The van der Waals surface area contributed by atoms with E-state index < -0.39 is 0 Å². The van der Waals surface area contributed by atoms with Gasteiger partial charge in [-0.2, -0.15) is 0 Å². The Morgan fingerprint density at radius 2 is 1.81 bits per heavy atom. The minimum absolute atomic E-state index is 0.266. The summed E-state index contributed by atoms with van der Waals surface area (Å²) in [6.07, 6.45) is 1.93. The minimum Gasteiger partial charge on any atom is -0.396 e. The number of fused-ring (bicyclic) bond motifs is 1. The van der Waals surface area contributed by atoms with Crippen molar-refractivity contribution < 1.29 is 5.11 Å². The van der Waals surface area contributed by atoms with Gasteiger partial charge in [-0.25, -0.2) is 0 Å². The van der Waals surface area contributed by atoms with Crippen LogP contribution in [0.3, 0.4) is 0 Å². The van der Waals surface area contributed by atoms with Gasteiger partial charge in [0.25, 0.3) is 0 Å². The molecule has 1 N–H and O–H groups in total. The summed E-state index contributed by atoms with van der Waals surface area (Å²) in [5, 5.41) is 11.7. The second kappa shape index (κ2) is 5.13. The molecule has 0 radical (unpaired) electrons. The second-order valence-corrected chi connectivity index (χ2v) is 4.19. The average molecular weight is 214 g/mol. The third-order valence-corrected chi connectivity index (χ3v) is 3.23. The first-order valence-corrected chi connectivity index (χ1v) is 5.95. The van der Waals surface area contributed by atoms with E-state index in [2.05, 4.69) is 49.4 Å². The lowest BCUT2D eigenvalue weighted by Crippen LogP contribution is -2.01. The van der Waals surface area contributed by atoms with E-state index in [0.717, 1.165) is 12.8 Å². The topological polar surface area (TPSA) is 20.2 Å². The molecule has 0 fully saturated rings. The zero-order valence-corrected chi connectivity index (χ0v) is 9.69. The van der Waals surface area contributed by atoms with E-state index in [1.807, 2.05) is 0 Å². The van der Waals surface area contributed by atoms with E-state index in [0.29, 0.717) is 5.92 Å². The maximum Gasteiger partial charge on any atom is 0.0436 e. The number of benzene rings is 2. The Morgan fingerprint density at radius 1 is 1.06 bits per heavy atom. The van der Waals surface area contributed by atoms with E-state index in [1.54, 1.807) is 0 Å². The molecule has 2 rings (SSSR count). The summed E-state index contributed by atoms with van der Waals surface area (Å²) in [6, 6.07) is 14.9. The van der Waals surface area contributed by atoms with Gasteiger partial charge in [-0.1, -0.05) is 49.4 Å². The van der Waals surface area contributed by atoms with Crippen molar-refractivity contribution in [1.82, 2.24) is 0 Å². The van der Waals surface area contributed by atoms with Crippen molar-refractivity contribution in [1.29, 1.82) is 0 Å². The Morgan fingerprint density at radius 3 is 2.56 bits per heavy atom. The number of aliphatic hydroxyl groups excluding tert-OH is 1. The molecule has 0 amide bonds. The smallest absolute Gasteiger partial charge is 0.0436 e. The van der Waals surface area contributed by atoms with Crippen LogP contribution in [0.1, 0.15) is 31.2 Å². The lowest BCUT2D eigenvalue weighted by Gasteiger charge is -2.16. The Labute approximate surface area is 96.7 Å². The standard InChI is InChI=1S/C15H18O/c1-2-12(10-11-16)14-9-5-7-13-6-3-4-8-15(13)14/h3-9,12,16H,2,10-11H2,1H3/t12-/m1/s1. The van der Waals surface area contributed by atoms with E-state index in [1.165, 1.54) is 16.3 Å². The fourth-order valence-electron chi connectivity index (χ4n) is 2.34. The first kappa shape index (κ1) is 11.2. The Balaban J connectivity index is 2.50. The molecule has 0 saturated heterocycles. The summed E-state index contributed by atoms with van der Waals surface area (Å²) in [5.41, 5.74) is 1.37. The van der Waals surface area contributed by atoms with Gasteiger partial charge in [0.05, 0.1) is 0 Å². The summed E-state index contributed by atoms with van der Waals surface area (Å²) in [6.45, 7) is 2.45. The zero-order valence-electron chi connectivity index (χ0n) is 9.69. The highest BCUT2D eigenvalue weighted by molar-refractivity contribution is 5.86. The van der Waals surface area contributed by atoms with Crippen LogP contribution in [0.15, 0.2) is 42.5 Å². The molecule has 0 heterocycles. The molecule has 1 heteroatoms. The predicted octanol–water partition coefficient (Wildman–Crippen LogP) is 3.72. The fourth-order valence-corrected chi connectivity index (χ4v) is 2.34. The van der Waals surface area contributed by atoms with Crippen molar-refractivity contribution in [2.75, 3.05) is 6.61 Å². The van der Waals surface area contributed by atoms with Crippen molar-refractivity contribution in [3.05, 3.63) is 48.0 Å². The molecule has 0 aliphatic rings. The number of hydrogen-bond acceptors (Lipinski definition) is 1. The van der Waals surface area contributed by atoms with Gasteiger partial charge in [0.2, 0.25) is 0 Å². The lowest BCUT2D eigenvalue weighted by atomic mass is 9.89. The first-order chi connectivity index (χ1) is 7.86. The van der Waals surface area contributed by atoms with Gasteiger partial charge in [-0.15, -0.1) is 0 Å². The van der Waals surface area contributed by atoms with Crippen LogP contribution in [0, 0.1) is 0 Å². The highest BCUT2D eigenvalue weighted by Gasteiger charge is 2.11. The molecule has 2 aromatic carbocycles. The molecule has 0 saturated carbocycles. The molecule has 0 unspecified atom stereocenters. The third kappa shape index (κ3) is 2.10. The zero-order chi connectivity index (χ0) is 11.4. The van der Waals surface area contributed by atoms with Crippen molar-refractivity contribution >= 4 is 10.8 Å². The SMILES string of the molecule is CC[C@H](CCO)c1cccc2ccccc12. The van der Waals surface area contributed by atoms with Crippen molar-refractivity contribution in [3.63, 3.8) is 0 Å². The van der Waals surface area contributed by atoms with Crippen LogP contribution in [-0.2, 0) is 0 Å². The molecule has 2 aromatic rings. The molecule has 1 nitrogen and oxygen atoms in total. The monoisotopic (exact) mass is 214 g/mol. The molecular weight excluding hydrogens is 196 g/mol.